The van der Waals surface area contributed by atoms with Crippen molar-refractivity contribution in [3.63, 3.8) is 0 Å². The van der Waals surface area contributed by atoms with Crippen LogP contribution in [-0.4, -0.2) is 38.9 Å². The first-order chi connectivity index (χ1) is 10.3. The molecule has 1 fully saturated rings. The van der Waals surface area contributed by atoms with E-state index in [2.05, 4.69) is 25.9 Å². The molecule has 0 amide bonds. The van der Waals surface area contributed by atoms with Gasteiger partial charge >= 0.3 is 0 Å². The lowest BCUT2D eigenvalue weighted by Gasteiger charge is -2.36. The lowest BCUT2D eigenvalue weighted by Crippen LogP contribution is -2.35. The third-order valence-electron chi connectivity index (χ3n) is 4.38. The highest BCUT2D eigenvalue weighted by molar-refractivity contribution is 5.61. The van der Waals surface area contributed by atoms with Crippen LogP contribution in [0.2, 0.25) is 0 Å². The molecule has 3 rings (SSSR count). The Morgan fingerprint density at radius 3 is 2.81 bits per heavy atom. The van der Waals surface area contributed by atoms with Crippen molar-refractivity contribution in [3.05, 3.63) is 24.3 Å². The van der Waals surface area contributed by atoms with E-state index < -0.39 is 0 Å². The maximum absolute atomic E-state index is 9.75. The molecule has 112 valence electrons. The molecule has 1 aliphatic rings. The molecule has 0 bridgehead atoms. The standard InChI is InChI=1S/C15H21N5O/c21-11-15(7-2-1-3-8-15)10-16-13-6-4-5-12(9-13)14-17-19-20-18-14/h4-6,9,16,21H,1-3,7-8,10-11H2,(H,17,18,19,20). The molecule has 0 atom stereocenters. The Labute approximate surface area is 124 Å². The highest BCUT2D eigenvalue weighted by Gasteiger charge is 2.31. The van der Waals surface area contributed by atoms with Crippen LogP contribution >= 0.6 is 0 Å². The maximum Gasteiger partial charge on any atom is 0.204 e. The topological polar surface area (TPSA) is 86.7 Å². The fraction of sp³-hybridized carbons (Fsp3) is 0.533. The van der Waals surface area contributed by atoms with Crippen LogP contribution in [-0.2, 0) is 0 Å². The van der Waals surface area contributed by atoms with Crippen LogP contribution in [0.15, 0.2) is 24.3 Å². The van der Waals surface area contributed by atoms with Gasteiger partial charge in [0.25, 0.3) is 0 Å². The van der Waals surface area contributed by atoms with Crippen molar-refractivity contribution >= 4 is 5.69 Å². The molecular weight excluding hydrogens is 266 g/mol. The molecule has 21 heavy (non-hydrogen) atoms. The van der Waals surface area contributed by atoms with Crippen molar-refractivity contribution in [2.75, 3.05) is 18.5 Å². The monoisotopic (exact) mass is 287 g/mol. The Morgan fingerprint density at radius 1 is 1.24 bits per heavy atom. The number of nitrogens with zero attached hydrogens (tertiary/aromatic N) is 3. The van der Waals surface area contributed by atoms with E-state index in [1.54, 1.807) is 0 Å². The Morgan fingerprint density at radius 2 is 2.10 bits per heavy atom. The van der Waals surface area contributed by atoms with Gasteiger partial charge in [0.15, 0.2) is 0 Å². The molecule has 0 saturated heterocycles. The van der Waals surface area contributed by atoms with Crippen molar-refractivity contribution < 1.29 is 5.11 Å². The van der Waals surface area contributed by atoms with E-state index in [1.807, 2.05) is 24.3 Å². The second-order valence-corrected chi connectivity index (χ2v) is 5.89. The van der Waals surface area contributed by atoms with E-state index >= 15 is 0 Å². The third-order valence-corrected chi connectivity index (χ3v) is 4.38. The Bertz CT molecular complexity index is 563. The summed E-state index contributed by atoms with van der Waals surface area (Å²) in [7, 11) is 0. The number of aromatic nitrogens is 4. The number of anilines is 1. The van der Waals surface area contributed by atoms with Crippen LogP contribution in [0.1, 0.15) is 32.1 Å². The normalized spacial score (nSPS) is 17.6. The van der Waals surface area contributed by atoms with E-state index in [1.165, 1.54) is 19.3 Å². The molecule has 1 aromatic heterocycles. The van der Waals surface area contributed by atoms with Gasteiger partial charge in [-0.25, -0.2) is 0 Å². The summed E-state index contributed by atoms with van der Waals surface area (Å²) in [5.74, 6) is 0.591. The first-order valence-electron chi connectivity index (χ1n) is 7.50. The number of rotatable bonds is 5. The molecule has 1 saturated carbocycles. The largest absolute Gasteiger partial charge is 0.396 e. The second kappa shape index (κ2) is 6.22. The minimum atomic E-state index is 0.0282. The van der Waals surface area contributed by atoms with Crippen molar-refractivity contribution in [2.24, 2.45) is 5.41 Å². The molecule has 0 spiro atoms. The predicted molar refractivity (Wildman–Crippen MR) is 80.7 cm³/mol. The number of nitrogens with one attached hydrogen (secondary N) is 2. The highest BCUT2D eigenvalue weighted by Crippen LogP contribution is 2.36. The minimum absolute atomic E-state index is 0.0282. The fourth-order valence-corrected chi connectivity index (χ4v) is 3.03. The quantitative estimate of drug-likeness (QED) is 0.785. The third kappa shape index (κ3) is 3.21. The summed E-state index contributed by atoms with van der Waals surface area (Å²) in [6.07, 6.45) is 5.91. The number of aliphatic hydroxyl groups is 1. The minimum Gasteiger partial charge on any atom is -0.396 e. The summed E-state index contributed by atoms with van der Waals surface area (Å²) >= 11 is 0. The average molecular weight is 287 g/mol. The molecule has 2 aromatic rings. The summed E-state index contributed by atoms with van der Waals surface area (Å²) < 4.78 is 0. The zero-order chi connectivity index (χ0) is 14.5. The number of aliphatic hydroxyl groups excluding tert-OH is 1. The zero-order valence-electron chi connectivity index (χ0n) is 12.0. The molecule has 1 aromatic carbocycles. The van der Waals surface area contributed by atoms with Gasteiger partial charge in [-0.05, 0) is 30.2 Å². The van der Waals surface area contributed by atoms with Crippen molar-refractivity contribution in [1.82, 2.24) is 20.6 Å². The van der Waals surface area contributed by atoms with Gasteiger partial charge in [0.1, 0.15) is 0 Å². The SMILES string of the molecule is OCC1(CNc2cccc(-c3nn[nH]n3)c2)CCCCC1. The molecule has 0 radical (unpaired) electrons. The summed E-state index contributed by atoms with van der Waals surface area (Å²) in [5.41, 5.74) is 1.98. The van der Waals surface area contributed by atoms with Gasteiger partial charge in [0.2, 0.25) is 5.82 Å². The summed E-state index contributed by atoms with van der Waals surface area (Å²) in [6.45, 7) is 1.06. The van der Waals surface area contributed by atoms with Crippen LogP contribution in [0.5, 0.6) is 0 Å². The first-order valence-corrected chi connectivity index (χ1v) is 7.50. The van der Waals surface area contributed by atoms with Crippen LogP contribution in [0.3, 0.4) is 0 Å². The molecule has 0 aliphatic heterocycles. The van der Waals surface area contributed by atoms with Gasteiger partial charge in [-0.15, -0.1) is 10.2 Å². The maximum atomic E-state index is 9.75. The van der Waals surface area contributed by atoms with Crippen LogP contribution < -0.4 is 5.32 Å². The van der Waals surface area contributed by atoms with Crippen molar-refractivity contribution in [1.29, 1.82) is 0 Å². The smallest absolute Gasteiger partial charge is 0.204 e. The van der Waals surface area contributed by atoms with Crippen LogP contribution in [0.4, 0.5) is 5.69 Å². The molecule has 1 aliphatic carbocycles. The number of H-pyrrole nitrogens is 1. The van der Waals surface area contributed by atoms with Crippen LogP contribution in [0.25, 0.3) is 11.4 Å². The second-order valence-electron chi connectivity index (χ2n) is 5.89. The predicted octanol–water partition coefficient (Wildman–Crippen LogP) is 2.22. The molecule has 6 nitrogen and oxygen atoms in total. The molecule has 3 N–H and O–H groups in total. The molecule has 6 heteroatoms. The van der Waals surface area contributed by atoms with Gasteiger partial charge in [-0.3, -0.25) is 0 Å². The molecule has 1 heterocycles. The molecular formula is C15H21N5O. The summed E-state index contributed by atoms with van der Waals surface area (Å²) in [6, 6.07) is 7.97. The zero-order valence-corrected chi connectivity index (χ0v) is 12.0. The first kappa shape index (κ1) is 14.0. The van der Waals surface area contributed by atoms with Gasteiger partial charge in [0.05, 0.1) is 6.61 Å². The van der Waals surface area contributed by atoms with E-state index in [-0.39, 0.29) is 12.0 Å². The van der Waals surface area contributed by atoms with E-state index in [0.29, 0.717) is 5.82 Å². The highest BCUT2D eigenvalue weighted by atomic mass is 16.3. The number of aromatic amines is 1. The number of tetrazole rings is 1. The Hall–Kier alpha value is -1.95. The lowest BCUT2D eigenvalue weighted by molar-refractivity contribution is 0.0944. The molecule has 0 unspecified atom stereocenters. The van der Waals surface area contributed by atoms with Gasteiger partial charge in [-0.2, -0.15) is 5.21 Å². The Balaban J connectivity index is 1.69. The fourth-order valence-electron chi connectivity index (χ4n) is 3.03. The van der Waals surface area contributed by atoms with Gasteiger partial charge < -0.3 is 10.4 Å². The van der Waals surface area contributed by atoms with Crippen molar-refractivity contribution in [2.45, 2.75) is 32.1 Å². The van der Waals surface area contributed by atoms with E-state index in [0.717, 1.165) is 30.6 Å². The number of hydrogen-bond donors (Lipinski definition) is 3. The number of benzene rings is 1. The van der Waals surface area contributed by atoms with E-state index in [9.17, 15) is 5.11 Å². The average Bonchev–Trinajstić information content (AvgIpc) is 3.09. The number of hydrogen-bond acceptors (Lipinski definition) is 5. The lowest BCUT2D eigenvalue weighted by atomic mass is 9.74. The van der Waals surface area contributed by atoms with Crippen molar-refractivity contribution in [3.8, 4) is 11.4 Å². The Kier molecular flexibility index (Phi) is 4.15. The van der Waals surface area contributed by atoms with Gasteiger partial charge in [-0.1, -0.05) is 31.4 Å². The summed E-state index contributed by atoms with van der Waals surface area (Å²) in [4.78, 5) is 0. The van der Waals surface area contributed by atoms with E-state index in [4.69, 9.17) is 0 Å². The summed E-state index contributed by atoms with van der Waals surface area (Å²) in [5, 5.41) is 27.2. The van der Waals surface area contributed by atoms with Gasteiger partial charge in [0, 0.05) is 23.2 Å². The van der Waals surface area contributed by atoms with Crippen LogP contribution in [0, 0.1) is 5.41 Å².